The molecule has 150 valence electrons. The van der Waals surface area contributed by atoms with Gasteiger partial charge in [-0.3, -0.25) is 4.79 Å². The van der Waals surface area contributed by atoms with Crippen LogP contribution in [-0.2, 0) is 11.3 Å². The minimum atomic E-state index is 0.0358. The number of aromatic nitrogens is 2. The maximum Gasteiger partial charge on any atom is 0.227 e. The van der Waals surface area contributed by atoms with Gasteiger partial charge in [0.05, 0.1) is 11.0 Å². The Bertz CT molecular complexity index is 1250. The van der Waals surface area contributed by atoms with E-state index < -0.39 is 0 Å². The highest BCUT2D eigenvalue weighted by molar-refractivity contribution is 6.30. The first-order valence-corrected chi connectivity index (χ1v) is 10.5. The van der Waals surface area contributed by atoms with E-state index >= 15 is 0 Å². The Morgan fingerprint density at radius 2 is 1.87 bits per heavy atom. The topological polar surface area (TPSA) is 38.1 Å². The quantitative estimate of drug-likeness (QED) is 0.437. The van der Waals surface area contributed by atoms with E-state index in [1.54, 1.807) is 0 Å². The standard InChI is InChI=1S/C25H22ClN3O/c1-17-6-4-7-18(12-17)15-29-23-11-3-2-10-22(23)27-25(29)19-13-24(30)28(16-19)21-9-5-8-20(26)14-21/h2-12,14,19H,13,15-16H2,1H3/t19-/m1/s1. The minimum Gasteiger partial charge on any atom is -0.323 e. The molecule has 1 amide bonds. The molecule has 0 aliphatic carbocycles. The van der Waals surface area contributed by atoms with Crippen molar-refractivity contribution in [1.29, 1.82) is 0 Å². The van der Waals surface area contributed by atoms with Gasteiger partial charge in [-0.2, -0.15) is 0 Å². The van der Waals surface area contributed by atoms with Crippen molar-refractivity contribution in [3.05, 3.63) is 94.8 Å². The molecule has 1 aromatic heterocycles. The largest absolute Gasteiger partial charge is 0.323 e. The second-order valence-corrected chi connectivity index (χ2v) is 8.36. The van der Waals surface area contributed by atoms with Gasteiger partial charge in [0.25, 0.3) is 0 Å². The van der Waals surface area contributed by atoms with Gasteiger partial charge in [0.1, 0.15) is 5.82 Å². The number of carbonyl (C=O) groups is 1. The van der Waals surface area contributed by atoms with Gasteiger partial charge in [0, 0.05) is 36.1 Å². The van der Waals surface area contributed by atoms with Crippen molar-refractivity contribution in [2.75, 3.05) is 11.4 Å². The number of benzene rings is 3. The molecule has 3 aromatic carbocycles. The van der Waals surface area contributed by atoms with Crippen molar-refractivity contribution in [1.82, 2.24) is 9.55 Å². The number of halogens is 1. The van der Waals surface area contributed by atoms with Crippen molar-refractivity contribution in [3.8, 4) is 0 Å². The van der Waals surface area contributed by atoms with Gasteiger partial charge in [-0.05, 0) is 42.8 Å². The van der Waals surface area contributed by atoms with E-state index in [1.807, 2.05) is 47.4 Å². The van der Waals surface area contributed by atoms with Crippen LogP contribution in [-0.4, -0.2) is 22.0 Å². The molecule has 5 rings (SSSR count). The molecule has 30 heavy (non-hydrogen) atoms. The summed E-state index contributed by atoms with van der Waals surface area (Å²) in [7, 11) is 0. The number of rotatable bonds is 4. The highest BCUT2D eigenvalue weighted by atomic mass is 35.5. The number of anilines is 1. The molecule has 1 saturated heterocycles. The lowest BCUT2D eigenvalue weighted by molar-refractivity contribution is -0.117. The van der Waals surface area contributed by atoms with E-state index in [0.717, 1.165) is 29.1 Å². The van der Waals surface area contributed by atoms with E-state index in [0.29, 0.717) is 18.0 Å². The molecular formula is C25H22ClN3O. The first kappa shape index (κ1) is 18.9. The second kappa shape index (κ2) is 7.62. The van der Waals surface area contributed by atoms with Gasteiger partial charge >= 0.3 is 0 Å². The summed E-state index contributed by atoms with van der Waals surface area (Å²) in [4.78, 5) is 19.6. The summed E-state index contributed by atoms with van der Waals surface area (Å²) in [6.07, 6.45) is 0.448. The average molecular weight is 416 g/mol. The van der Waals surface area contributed by atoms with Crippen LogP contribution in [0, 0.1) is 6.92 Å². The summed E-state index contributed by atoms with van der Waals surface area (Å²) < 4.78 is 2.27. The maximum atomic E-state index is 12.8. The van der Waals surface area contributed by atoms with Crippen molar-refractivity contribution in [2.24, 2.45) is 0 Å². The number of amides is 1. The Balaban J connectivity index is 1.53. The number of hydrogen-bond acceptors (Lipinski definition) is 2. The molecular weight excluding hydrogens is 394 g/mol. The van der Waals surface area contributed by atoms with Crippen LogP contribution in [0.3, 0.4) is 0 Å². The summed E-state index contributed by atoms with van der Waals surface area (Å²) in [6, 6.07) is 24.2. The van der Waals surface area contributed by atoms with Crippen LogP contribution >= 0.6 is 11.6 Å². The molecule has 0 bridgehead atoms. The van der Waals surface area contributed by atoms with E-state index in [-0.39, 0.29) is 11.8 Å². The summed E-state index contributed by atoms with van der Waals surface area (Å²) in [6.45, 7) is 3.45. The van der Waals surface area contributed by atoms with Gasteiger partial charge in [0.2, 0.25) is 5.91 Å². The molecule has 0 unspecified atom stereocenters. The van der Waals surface area contributed by atoms with Crippen LogP contribution in [0.15, 0.2) is 72.8 Å². The Hall–Kier alpha value is -3.11. The van der Waals surface area contributed by atoms with Crippen LogP contribution in [0.1, 0.15) is 29.3 Å². The third kappa shape index (κ3) is 3.48. The zero-order valence-corrected chi connectivity index (χ0v) is 17.5. The Labute approximate surface area is 180 Å². The Kier molecular flexibility index (Phi) is 4.80. The van der Waals surface area contributed by atoms with Gasteiger partial charge in [-0.1, -0.05) is 59.6 Å². The zero-order valence-electron chi connectivity index (χ0n) is 16.8. The molecule has 0 radical (unpaired) electrons. The number of para-hydroxylation sites is 2. The Morgan fingerprint density at radius 3 is 2.70 bits per heavy atom. The van der Waals surface area contributed by atoms with Crippen molar-refractivity contribution in [2.45, 2.75) is 25.8 Å². The first-order chi connectivity index (χ1) is 14.6. The summed E-state index contributed by atoms with van der Waals surface area (Å²) in [5, 5.41) is 0.635. The number of nitrogens with zero attached hydrogens (tertiary/aromatic N) is 3. The SMILES string of the molecule is Cc1cccc(Cn2c([C@@H]3CC(=O)N(c4cccc(Cl)c4)C3)nc3ccccc32)c1. The third-order valence-corrected chi connectivity index (χ3v) is 5.95. The fraction of sp³-hybridized carbons (Fsp3) is 0.200. The Morgan fingerprint density at radius 1 is 1.03 bits per heavy atom. The van der Waals surface area contributed by atoms with E-state index in [1.165, 1.54) is 11.1 Å². The molecule has 1 fully saturated rings. The van der Waals surface area contributed by atoms with Crippen LogP contribution in [0.2, 0.25) is 5.02 Å². The summed E-state index contributed by atoms with van der Waals surface area (Å²) in [5.41, 5.74) is 5.38. The van der Waals surface area contributed by atoms with E-state index in [4.69, 9.17) is 16.6 Å². The van der Waals surface area contributed by atoms with Crippen molar-refractivity contribution >= 4 is 34.2 Å². The number of aryl methyl sites for hydroxylation is 1. The lowest BCUT2D eigenvalue weighted by atomic mass is 10.1. The predicted molar refractivity (Wildman–Crippen MR) is 121 cm³/mol. The van der Waals surface area contributed by atoms with Crippen molar-refractivity contribution in [3.63, 3.8) is 0 Å². The number of hydrogen-bond donors (Lipinski definition) is 0. The molecule has 1 aliphatic rings. The highest BCUT2D eigenvalue weighted by Crippen LogP contribution is 2.34. The van der Waals surface area contributed by atoms with Crippen LogP contribution in [0.25, 0.3) is 11.0 Å². The number of fused-ring (bicyclic) bond motifs is 1. The fourth-order valence-electron chi connectivity index (χ4n) is 4.34. The normalized spacial score (nSPS) is 16.5. The minimum absolute atomic E-state index is 0.0358. The smallest absolute Gasteiger partial charge is 0.227 e. The van der Waals surface area contributed by atoms with Crippen LogP contribution < -0.4 is 4.90 Å². The predicted octanol–water partition coefficient (Wildman–Crippen LogP) is 5.57. The molecule has 1 atom stereocenters. The van der Waals surface area contributed by atoms with Crippen molar-refractivity contribution < 1.29 is 4.79 Å². The average Bonchev–Trinajstić information content (AvgIpc) is 3.29. The van der Waals surface area contributed by atoms with Gasteiger partial charge in [-0.25, -0.2) is 4.98 Å². The summed E-state index contributed by atoms with van der Waals surface area (Å²) in [5.74, 6) is 1.11. The molecule has 1 aliphatic heterocycles. The second-order valence-electron chi connectivity index (χ2n) is 7.92. The maximum absolute atomic E-state index is 12.8. The van der Waals surface area contributed by atoms with Gasteiger partial charge in [-0.15, -0.1) is 0 Å². The molecule has 0 N–H and O–H groups in total. The third-order valence-electron chi connectivity index (χ3n) is 5.72. The molecule has 4 aromatic rings. The van der Waals surface area contributed by atoms with E-state index in [2.05, 4.69) is 41.8 Å². The summed E-state index contributed by atoms with van der Waals surface area (Å²) >= 11 is 6.15. The molecule has 0 spiro atoms. The lowest BCUT2D eigenvalue weighted by Crippen LogP contribution is -2.24. The van der Waals surface area contributed by atoms with E-state index in [9.17, 15) is 4.79 Å². The van der Waals surface area contributed by atoms with Gasteiger partial charge < -0.3 is 9.47 Å². The van der Waals surface area contributed by atoms with Crippen LogP contribution in [0.4, 0.5) is 5.69 Å². The fourth-order valence-corrected chi connectivity index (χ4v) is 4.52. The van der Waals surface area contributed by atoms with Crippen LogP contribution in [0.5, 0.6) is 0 Å². The number of carbonyl (C=O) groups excluding carboxylic acids is 1. The highest BCUT2D eigenvalue weighted by Gasteiger charge is 2.34. The molecule has 0 saturated carbocycles. The zero-order chi connectivity index (χ0) is 20.7. The molecule has 2 heterocycles. The van der Waals surface area contributed by atoms with Gasteiger partial charge in [0.15, 0.2) is 0 Å². The number of imidazole rings is 1. The molecule has 5 heteroatoms. The molecule has 4 nitrogen and oxygen atoms in total. The first-order valence-electron chi connectivity index (χ1n) is 10.1. The lowest BCUT2D eigenvalue weighted by Gasteiger charge is -2.18. The monoisotopic (exact) mass is 415 g/mol.